The maximum Gasteiger partial charge on any atom is 0.358 e. The zero-order valence-electron chi connectivity index (χ0n) is 14.8. The first kappa shape index (κ1) is 19.5. The molecule has 1 aromatic carbocycles. The number of nitriles is 1. The number of nitrogens with zero attached hydrogens (tertiary/aromatic N) is 3. The number of ether oxygens (including phenoxy) is 2. The van der Waals surface area contributed by atoms with Crippen molar-refractivity contribution in [2.24, 2.45) is 5.10 Å². The summed E-state index contributed by atoms with van der Waals surface area (Å²) in [7, 11) is 0. The third-order valence-corrected chi connectivity index (χ3v) is 3.14. The van der Waals surface area contributed by atoms with Crippen LogP contribution in [0.3, 0.4) is 0 Å². The summed E-state index contributed by atoms with van der Waals surface area (Å²) in [5.74, 6) is -0.654. The Kier molecular flexibility index (Phi) is 6.90. The molecule has 0 aliphatic heterocycles. The average Bonchev–Trinajstić information content (AvgIpc) is 3.13. The standard InChI is InChI=1S/C17H18N6O4/c1-3-26-12-7-5-11(6-8-12)21-16(24)13(9-18)22-23-15-14(19-10-20-15)17(25)27-4-2/h5-8,10,23H,3-4H2,1-2H3,(H,19,20)(H,21,24)/b22-13-. The second-order valence-corrected chi connectivity index (χ2v) is 4.94. The maximum absolute atomic E-state index is 12.2. The van der Waals surface area contributed by atoms with Crippen molar-refractivity contribution >= 4 is 29.1 Å². The fourth-order valence-electron chi connectivity index (χ4n) is 1.96. The van der Waals surface area contributed by atoms with Gasteiger partial charge in [-0.05, 0) is 38.1 Å². The number of carbonyl (C=O) groups is 2. The predicted octanol–water partition coefficient (Wildman–Crippen LogP) is 1.92. The largest absolute Gasteiger partial charge is 0.494 e. The molecule has 0 atom stereocenters. The lowest BCUT2D eigenvalue weighted by atomic mass is 10.3. The Morgan fingerprint density at radius 1 is 1.26 bits per heavy atom. The molecule has 0 fully saturated rings. The van der Waals surface area contributed by atoms with Crippen molar-refractivity contribution in [1.82, 2.24) is 9.97 Å². The van der Waals surface area contributed by atoms with Gasteiger partial charge in [0, 0.05) is 5.69 Å². The van der Waals surface area contributed by atoms with Crippen LogP contribution in [0.5, 0.6) is 5.75 Å². The van der Waals surface area contributed by atoms with Crippen LogP contribution in [-0.2, 0) is 9.53 Å². The van der Waals surface area contributed by atoms with Gasteiger partial charge in [0.1, 0.15) is 11.8 Å². The van der Waals surface area contributed by atoms with Gasteiger partial charge in [0.2, 0.25) is 5.71 Å². The molecule has 1 amide bonds. The van der Waals surface area contributed by atoms with E-state index in [9.17, 15) is 9.59 Å². The van der Waals surface area contributed by atoms with Gasteiger partial charge in [0.15, 0.2) is 11.5 Å². The van der Waals surface area contributed by atoms with Crippen molar-refractivity contribution in [3.8, 4) is 11.8 Å². The van der Waals surface area contributed by atoms with E-state index in [-0.39, 0.29) is 18.1 Å². The van der Waals surface area contributed by atoms with Gasteiger partial charge in [-0.1, -0.05) is 0 Å². The second-order valence-electron chi connectivity index (χ2n) is 4.94. The number of imidazole rings is 1. The molecule has 0 bridgehead atoms. The van der Waals surface area contributed by atoms with Crippen molar-refractivity contribution in [2.45, 2.75) is 13.8 Å². The summed E-state index contributed by atoms with van der Waals surface area (Å²) in [6.45, 7) is 4.25. The molecule has 0 unspecified atom stereocenters. The van der Waals surface area contributed by atoms with E-state index in [4.69, 9.17) is 14.7 Å². The highest BCUT2D eigenvalue weighted by Crippen LogP contribution is 2.16. The summed E-state index contributed by atoms with van der Waals surface area (Å²) in [5.41, 5.74) is 2.48. The first-order chi connectivity index (χ1) is 13.1. The van der Waals surface area contributed by atoms with Crippen molar-refractivity contribution in [1.29, 1.82) is 5.26 Å². The van der Waals surface area contributed by atoms with Crippen LogP contribution in [-0.4, -0.2) is 40.8 Å². The number of hydrogen-bond donors (Lipinski definition) is 3. The van der Waals surface area contributed by atoms with Crippen molar-refractivity contribution < 1.29 is 19.1 Å². The van der Waals surface area contributed by atoms with Gasteiger partial charge in [0.05, 0.1) is 19.5 Å². The van der Waals surface area contributed by atoms with E-state index in [1.165, 1.54) is 6.33 Å². The van der Waals surface area contributed by atoms with Crippen LogP contribution >= 0.6 is 0 Å². The molecule has 10 nitrogen and oxygen atoms in total. The van der Waals surface area contributed by atoms with E-state index in [1.54, 1.807) is 37.3 Å². The van der Waals surface area contributed by atoms with Gasteiger partial charge in [0.25, 0.3) is 5.91 Å². The van der Waals surface area contributed by atoms with E-state index in [0.29, 0.717) is 18.0 Å². The molecule has 1 heterocycles. The molecule has 3 N–H and O–H groups in total. The zero-order chi connectivity index (χ0) is 19.6. The molecule has 0 spiro atoms. The number of aromatic amines is 1. The van der Waals surface area contributed by atoms with E-state index in [2.05, 4.69) is 25.8 Å². The van der Waals surface area contributed by atoms with Crippen molar-refractivity contribution in [3.63, 3.8) is 0 Å². The Morgan fingerprint density at radius 3 is 2.63 bits per heavy atom. The smallest absolute Gasteiger partial charge is 0.358 e. The van der Waals surface area contributed by atoms with Crippen molar-refractivity contribution in [2.75, 3.05) is 24.0 Å². The van der Waals surface area contributed by atoms with E-state index >= 15 is 0 Å². The summed E-state index contributed by atoms with van der Waals surface area (Å²) < 4.78 is 10.2. The number of hydrogen-bond acceptors (Lipinski definition) is 8. The van der Waals surface area contributed by atoms with Gasteiger partial charge in [-0.3, -0.25) is 10.2 Å². The number of benzene rings is 1. The first-order valence-corrected chi connectivity index (χ1v) is 8.07. The minimum Gasteiger partial charge on any atom is -0.494 e. The summed E-state index contributed by atoms with van der Waals surface area (Å²) in [5, 5.41) is 15.4. The number of H-pyrrole nitrogens is 1. The molecule has 2 aromatic rings. The monoisotopic (exact) mass is 370 g/mol. The zero-order valence-corrected chi connectivity index (χ0v) is 14.8. The minimum atomic E-state index is -0.720. The lowest BCUT2D eigenvalue weighted by Crippen LogP contribution is -2.22. The number of rotatable bonds is 8. The molecule has 1 aromatic heterocycles. The average molecular weight is 370 g/mol. The number of nitrogens with one attached hydrogen (secondary N) is 3. The van der Waals surface area contributed by atoms with Crippen LogP contribution in [0, 0.1) is 11.3 Å². The Bertz CT molecular complexity index is 866. The van der Waals surface area contributed by atoms with E-state index in [1.807, 2.05) is 6.92 Å². The SMILES string of the molecule is CCOC(=O)c1[nH]cnc1N/N=C(/C#N)C(=O)Nc1ccc(OCC)cc1. The molecule has 0 aliphatic rings. The quantitative estimate of drug-likeness (QED) is 0.366. The molecule has 2 rings (SSSR count). The summed E-state index contributed by atoms with van der Waals surface area (Å²) in [6, 6.07) is 8.34. The number of esters is 1. The third kappa shape index (κ3) is 5.30. The summed E-state index contributed by atoms with van der Waals surface area (Å²) in [4.78, 5) is 30.4. The fraction of sp³-hybridized carbons (Fsp3) is 0.235. The Balaban J connectivity index is 2.05. The van der Waals surface area contributed by atoms with Crippen LogP contribution in [0.2, 0.25) is 0 Å². The first-order valence-electron chi connectivity index (χ1n) is 8.07. The summed E-state index contributed by atoms with van der Waals surface area (Å²) in [6.07, 6.45) is 1.26. The summed E-state index contributed by atoms with van der Waals surface area (Å²) >= 11 is 0. The van der Waals surface area contributed by atoms with Crippen molar-refractivity contribution in [3.05, 3.63) is 36.3 Å². The van der Waals surface area contributed by atoms with Crippen LogP contribution in [0.25, 0.3) is 0 Å². The lowest BCUT2D eigenvalue weighted by Gasteiger charge is -2.06. The molecule has 0 saturated heterocycles. The Morgan fingerprint density at radius 2 is 2.00 bits per heavy atom. The highest BCUT2D eigenvalue weighted by molar-refractivity contribution is 6.48. The number of hydrazone groups is 1. The maximum atomic E-state index is 12.2. The van der Waals surface area contributed by atoms with Gasteiger partial charge in [-0.2, -0.15) is 10.4 Å². The van der Waals surface area contributed by atoms with E-state index < -0.39 is 17.6 Å². The number of amides is 1. The topological polar surface area (TPSA) is 141 Å². The van der Waals surface area contributed by atoms with Gasteiger partial charge in [-0.25, -0.2) is 9.78 Å². The fourth-order valence-corrected chi connectivity index (χ4v) is 1.96. The van der Waals surface area contributed by atoms with E-state index in [0.717, 1.165) is 0 Å². The minimum absolute atomic E-state index is 0.0322. The van der Waals surface area contributed by atoms with Crippen LogP contribution in [0.4, 0.5) is 11.5 Å². The molecule has 0 aliphatic carbocycles. The van der Waals surface area contributed by atoms with Gasteiger partial charge in [-0.15, -0.1) is 0 Å². The highest BCUT2D eigenvalue weighted by atomic mass is 16.5. The highest BCUT2D eigenvalue weighted by Gasteiger charge is 2.17. The number of carbonyl (C=O) groups excluding carboxylic acids is 2. The Labute approximate surface area is 155 Å². The molecule has 0 radical (unpaired) electrons. The van der Waals surface area contributed by atoms with Gasteiger partial charge < -0.3 is 19.8 Å². The van der Waals surface area contributed by atoms with Crippen LogP contribution in [0.15, 0.2) is 35.7 Å². The van der Waals surface area contributed by atoms with Crippen LogP contribution < -0.4 is 15.5 Å². The van der Waals surface area contributed by atoms with Gasteiger partial charge >= 0.3 is 5.97 Å². The predicted molar refractivity (Wildman–Crippen MR) is 97.5 cm³/mol. The molecular weight excluding hydrogens is 352 g/mol. The number of aromatic nitrogens is 2. The van der Waals surface area contributed by atoms with Crippen LogP contribution in [0.1, 0.15) is 24.3 Å². The molecule has 27 heavy (non-hydrogen) atoms. The number of anilines is 2. The normalized spacial score (nSPS) is 10.6. The second kappa shape index (κ2) is 9.57. The molecule has 140 valence electrons. The molecule has 10 heteroatoms. The Hall–Kier alpha value is -3.87. The molecular formula is C17H18N6O4. The molecule has 0 saturated carbocycles. The third-order valence-electron chi connectivity index (χ3n) is 3.14. The lowest BCUT2D eigenvalue weighted by molar-refractivity contribution is -0.110.